The fourth-order valence-electron chi connectivity index (χ4n) is 3.13. The highest BCUT2D eigenvalue weighted by molar-refractivity contribution is 5.72. The summed E-state index contributed by atoms with van der Waals surface area (Å²) in [6, 6.07) is 8.00. The van der Waals surface area contributed by atoms with E-state index in [4.69, 9.17) is 9.47 Å². The first-order valence-corrected chi connectivity index (χ1v) is 9.33. The number of carbonyl (C=O) groups excluding carboxylic acids is 1. The molecule has 1 aromatic carbocycles. The lowest BCUT2D eigenvalue weighted by Crippen LogP contribution is -2.37. The number of benzene rings is 1. The largest absolute Gasteiger partial charge is 0.494 e. The van der Waals surface area contributed by atoms with Crippen molar-refractivity contribution in [3.05, 3.63) is 24.3 Å². The van der Waals surface area contributed by atoms with Crippen molar-refractivity contribution >= 4 is 5.97 Å². The second-order valence-corrected chi connectivity index (χ2v) is 6.67. The van der Waals surface area contributed by atoms with Gasteiger partial charge in [0.2, 0.25) is 0 Å². The maximum absolute atomic E-state index is 11.7. The van der Waals surface area contributed by atoms with Gasteiger partial charge in [0.05, 0.1) is 6.61 Å². The molecule has 1 aliphatic heterocycles. The molecule has 4 nitrogen and oxygen atoms in total. The first-order chi connectivity index (χ1) is 11.7. The average molecular weight is 333 g/mol. The predicted molar refractivity (Wildman–Crippen MR) is 96.6 cm³/mol. The fourth-order valence-corrected chi connectivity index (χ4v) is 3.13. The highest BCUT2D eigenvalue weighted by Gasteiger charge is 2.18. The Morgan fingerprint density at radius 3 is 2.62 bits per heavy atom. The van der Waals surface area contributed by atoms with Crippen LogP contribution in [-0.2, 0) is 4.79 Å². The van der Waals surface area contributed by atoms with Crippen molar-refractivity contribution in [2.45, 2.75) is 64.3 Å². The molecular formula is C20H31NO3. The maximum atomic E-state index is 11.7. The topological polar surface area (TPSA) is 38.8 Å². The van der Waals surface area contributed by atoms with E-state index in [0.29, 0.717) is 18.2 Å². The molecular weight excluding hydrogens is 302 g/mol. The summed E-state index contributed by atoms with van der Waals surface area (Å²) in [5, 5.41) is 0. The van der Waals surface area contributed by atoms with Crippen LogP contribution in [0.2, 0.25) is 0 Å². The number of carbonyl (C=O) groups is 1. The van der Waals surface area contributed by atoms with Crippen molar-refractivity contribution in [3.8, 4) is 11.5 Å². The molecule has 2 rings (SSSR count). The van der Waals surface area contributed by atoms with Gasteiger partial charge in [0.1, 0.15) is 11.5 Å². The van der Waals surface area contributed by atoms with Crippen LogP contribution in [0.15, 0.2) is 24.3 Å². The average Bonchev–Trinajstić information content (AvgIpc) is 2.58. The van der Waals surface area contributed by atoms with Gasteiger partial charge in [-0.2, -0.15) is 0 Å². The smallest absolute Gasteiger partial charge is 0.311 e. The van der Waals surface area contributed by atoms with E-state index in [1.54, 1.807) is 12.1 Å². The summed E-state index contributed by atoms with van der Waals surface area (Å²) in [6.07, 6.45) is 8.53. The maximum Gasteiger partial charge on any atom is 0.311 e. The van der Waals surface area contributed by atoms with Crippen LogP contribution >= 0.6 is 0 Å². The molecule has 1 aliphatic rings. The molecule has 1 saturated heterocycles. The van der Waals surface area contributed by atoms with E-state index in [0.717, 1.165) is 38.0 Å². The highest BCUT2D eigenvalue weighted by atomic mass is 16.5. The number of likely N-dealkylation sites (tertiary alicyclic amines) is 1. The normalized spacial score (nSPS) is 18.3. The van der Waals surface area contributed by atoms with Crippen molar-refractivity contribution < 1.29 is 14.3 Å². The molecule has 4 heteroatoms. The van der Waals surface area contributed by atoms with Gasteiger partial charge < -0.3 is 14.4 Å². The number of nitrogens with zero attached hydrogens (tertiary/aromatic N) is 1. The van der Waals surface area contributed by atoms with Gasteiger partial charge in [-0.1, -0.05) is 26.2 Å². The minimum absolute atomic E-state index is 0.155. The Balaban J connectivity index is 1.68. The van der Waals surface area contributed by atoms with E-state index in [1.165, 1.54) is 25.8 Å². The van der Waals surface area contributed by atoms with E-state index < -0.39 is 0 Å². The summed E-state index contributed by atoms with van der Waals surface area (Å²) < 4.78 is 11.2. The number of hydrogen-bond donors (Lipinski definition) is 0. The van der Waals surface area contributed by atoms with Crippen LogP contribution in [0.3, 0.4) is 0 Å². The molecule has 0 N–H and O–H groups in total. The van der Waals surface area contributed by atoms with E-state index in [9.17, 15) is 4.79 Å². The first-order valence-electron chi connectivity index (χ1n) is 9.33. The van der Waals surface area contributed by atoms with Crippen LogP contribution in [0.5, 0.6) is 11.5 Å². The minimum atomic E-state index is -0.155. The van der Waals surface area contributed by atoms with E-state index in [2.05, 4.69) is 18.9 Å². The van der Waals surface area contributed by atoms with Crippen LogP contribution in [0, 0.1) is 0 Å². The molecule has 0 amide bonds. The quantitative estimate of drug-likeness (QED) is 0.381. The molecule has 0 saturated carbocycles. The Morgan fingerprint density at radius 2 is 1.92 bits per heavy atom. The number of ether oxygens (including phenoxy) is 2. The standard InChI is InChI=1S/C20H31NO3/c1-3-4-5-9-20(22)24-19-12-10-18(11-13-19)23-16-14-17-8-6-7-15-21(17)2/h10-13,17H,3-9,14-16H2,1-2H3. The molecule has 0 aromatic heterocycles. The van der Waals surface area contributed by atoms with E-state index in [1.807, 2.05) is 12.1 Å². The zero-order valence-corrected chi connectivity index (χ0v) is 15.1. The molecule has 0 radical (unpaired) electrons. The zero-order chi connectivity index (χ0) is 17.2. The van der Waals surface area contributed by atoms with Crippen LogP contribution in [0.4, 0.5) is 0 Å². The Kier molecular flexibility index (Phi) is 8.10. The van der Waals surface area contributed by atoms with Gasteiger partial charge in [-0.05, 0) is 63.5 Å². The van der Waals surface area contributed by atoms with Gasteiger partial charge in [0.25, 0.3) is 0 Å². The van der Waals surface area contributed by atoms with Crippen molar-refractivity contribution in [2.75, 3.05) is 20.2 Å². The van der Waals surface area contributed by atoms with Gasteiger partial charge in [-0.25, -0.2) is 0 Å². The molecule has 0 spiro atoms. The summed E-state index contributed by atoms with van der Waals surface area (Å²) in [6.45, 7) is 4.05. The molecule has 1 unspecified atom stereocenters. The predicted octanol–water partition coefficient (Wildman–Crippen LogP) is 4.43. The molecule has 0 bridgehead atoms. The van der Waals surface area contributed by atoms with Crippen molar-refractivity contribution in [1.29, 1.82) is 0 Å². The van der Waals surface area contributed by atoms with E-state index in [-0.39, 0.29) is 5.97 Å². The fraction of sp³-hybridized carbons (Fsp3) is 0.650. The SMILES string of the molecule is CCCCCC(=O)Oc1ccc(OCCC2CCCCN2C)cc1. The first kappa shape index (κ1) is 18.8. The Morgan fingerprint density at radius 1 is 1.17 bits per heavy atom. The third-order valence-electron chi connectivity index (χ3n) is 4.68. The summed E-state index contributed by atoms with van der Waals surface area (Å²) >= 11 is 0. The van der Waals surface area contributed by atoms with Crippen molar-refractivity contribution in [1.82, 2.24) is 4.90 Å². The summed E-state index contributed by atoms with van der Waals surface area (Å²) in [4.78, 5) is 14.1. The molecule has 1 aromatic rings. The van der Waals surface area contributed by atoms with Gasteiger partial charge in [-0.15, -0.1) is 0 Å². The Bertz CT molecular complexity index is 486. The summed E-state index contributed by atoms with van der Waals surface area (Å²) in [5.74, 6) is 1.27. The molecule has 0 aliphatic carbocycles. The Labute approximate surface area is 146 Å². The lowest BCUT2D eigenvalue weighted by Gasteiger charge is -2.32. The minimum Gasteiger partial charge on any atom is -0.494 e. The van der Waals surface area contributed by atoms with Crippen molar-refractivity contribution in [2.24, 2.45) is 0 Å². The molecule has 24 heavy (non-hydrogen) atoms. The number of esters is 1. The second-order valence-electron chi connectivity index (χ2n) is 6.67. The number of hydrogen-bond acceptors (Lipinski definition) is 4. The van der Waals surface area contributed by atoms with Crippen LogP contribution in [-0.4, -0.2) is 37.1 Å². The zero-order valence-electron chi connectivity index (χ0n) is 15.1. The molecule has 1 heterocycles. The van der Waals surface area contributed by atoms with Gasteiger partial charge in [0.15, 0.2) is 0 Å². The van der Waals surface area contributed by atoms with Crippen LogP contribution in [0.25, 0.3) is 0 Å². The van der Waals surface area contributed by atoms with Gasteiger partial charge >= 0.3 is 5.97 Å². The monoisotopic (exact) mass is 333 g/mol. The molecule has 1 atom stereocenters. The summed E-state index contributed by atoms with van der Waals surface area (Å²) in [5.41, 5.74) is 0. The Hall–Kier alpha value is -1.55. The van der Waals surface area contributed by atoms with Crippen LogP contribution in [0.1, 0.15) is 58.3 Å². The number of unbranched alkanes of at least 4 members (excludes halogenated alkanes) is 2. The van der Waals surface area contributed by atoms with Gasteiger partial charge in [0, 0.05) is 12.5 Å². The lowest BCUT2D eigenvalue weighted by atomic mass is 10.0. The van der Waals surface area contributed by atoms with E-state index >= 15 is 0 Å². The number of piperidine rings is 1. The number of rotatable bonds is 9. The molecule has 134 valence electrons. The van der Waals surface area contributed by atoms with Crippen LogP contribution < -0.4 is 9.47 Å². The summed E-state index contributed by atoms with van der Waals surface area (Å²) in [7, 11) is 2.20. The van der Waals surface area contributed by atoms with Crippen molar-refractivity contribution in [3.63, 3.8) is 0 Å². The third kappa shape index (κ3) is 6.52. The molecule has 1 fully saturated rings. The van der Waals surface area contributed by atoms with Gasteiger partial charge in [-0.3, -0.25) is 4.79 Å². The second kappa shape index (κ2) is 10.3. The lowest BCUT2D eigenvalue weighted by molar-refractivity contribution is -0.134. The third-order valence-corrected chi connectivity index (χ3v) is 4.68. The highest BCUT2D eigenvalue weighted by Crippen LogP contribution is 2.21.